The molecule has 2 heterocycles. The van der Waals surface area contributed by atoms with E-state index in [1.165, 1.54) is 7.11 Å². The normalized spacial score (nSPS) is 15.4. The van der Waals surface area contributed by atoms with Gasteiger partial charge in [0.05, 0.1) is 30.5 Å². The number of methoxy groups -OCH3 is 1. The molecule has 3 rings (SSSR count). The number of piperidine rings is 1. The second kappa shape index (κ2) is 8.70. The maximum atomic E-state index is 12.3. The summed E-state index contributed by atoms with van der Waals surface area (Å²) >= 11 is 0. The van der Waals surface area contributed by atoms with Crippen LogP contribution in [0.4, 0.5) is 5.69 Å². The van der Waals surface area contributed by atoms with E-state index in [-0.39, 0.29) is 23.1 Å². The van der Waals surface area contributed by atoms with Crippen molar-refractivity contribution in [2.75, 3.05) is 31.7 Å². The average molecular weight is 404 g/mol. The van der Waals surface area contributed by atoms with Crippen LogP contribution in [0, 0.1) is 12.8 Å². The highest BCUT2D eigenvalue weighted by molar-refractivity contribution is 7.86. The maximum absolute atomic E-state index is 12.3. The molecule has 1 aromatic carbocycles. The van der Waals surface area contributed by atoms with Crippen LogP contribution in [-0.4, -0.2) is 46.2 Å². The second-order valence-electron chi connectivity index (χ2n) is 6.88. The molecule has 0 unspecified atom stereocenters. The number of esters is 1. The van der Waals surface area contributed by atoms with E-state index in [2.05, 4.69) is 14.6 Å². The summed E-state index contributed by atoms with van der Waals surface area (Å²) in [5.74, 6) is -0.282. The molecular weight excluding hydrogens is 380 g/mol. The summed E-state index contributed by atoms with van der Waals surface area (Å²) < 4.78 is 34.5. The molecule has 150 valence electrons. The molecule has 0 atom stereocenters. The van der Waals surface area contributed by atoms with Crippen molar-refractivity contribution >= 4 is 21.8 Å². The molecule has 0 radical (unpaired) electrons. The molecule has 0 spiro atoms. The number of anilines is 1. The van der Waals surface area contributed by atoms with Crippen LogP contribution in [0.15, 0.2) is 47.5 Å². The Morgan fingerprint density at radius 1 is 1.14 bits per heavy atom. The van der Waals surface area contributed by atoms with Gasteiger partial charge in [-0.15, -0.1) is 0 Å². The van der Waals surface area contributed by atoms with Crippen LogP contribution in [0.5, 0.6) is 0 Å². The molecule has 1 aromatic heterocycles. The predicted octanol–water partition coefficient (Wildman–Crippen LogP) is 2.80. The van der Waals surface area contributed by atoms with Crippen LogP contribution in [0.25, 0.3) is 0 Å². The van der Waals surface area contributed by atoms with Gasteiger partial charge in [0.25, 0.3) is 10.1 Å². The van der Waals surface area contributed by atoms with Crippen LogP contribution < -0.4 is 4.90 Å². The lowest BCUT2D eigenvalue weighted by Gasteiger charge is -2.33. The van der Waals surface area contributed by atoms with Crippen LogP contribution in [0.3, 0.4) is 0 Å². The number of rotatable bonds is 6. The second-order valence-corrected chi connectivity index (χ2v) is 8.49. The number of hydrogen-bond donors (Lipinski definition) is 0. The first kappa shape index (κ1) is 20.3. The predicted molar refractivity (Wildman–Crippen MR) is 105 cm³/mol. The van der Waals surface area contributed by atoms with Crippen molar-refractivity contribution in [3.63, 3.8) is 0 Å². The molecule has 0 amide bonds. The third-order valence-electron chi connectivity index (χ3n) is 4.89. The zero-order valence-corrected chi connectivity index (χ0v) is 16.8. The number of aryl methyl sites for hydroxylation is 1. The van der Waals surface area contributed by atoms with E-state index in [1.807, 2.05) is 13.0 Å². The van der Waals surface area contributed by atoms with Crippen molar-refractivity contribution in [2.45, 2.75) is 24.7 Å². The first-order valence-electron chi connectivity index (χ1n) is 9.14. The fourth-order valence-electron chi connectivity index (χ4n) is 3.12. The van der Waals surface area contributed by atoms with E-state index >= 15 is 0 Å². The van der Waals surface area contributed by atoms with E-state index in [4.69, 9.17) is 4.18 Å². The van der Waals surface area contributed by atoms with Gasteiger partial charge in [-0.05, 0) is 49.9 Å². The van der Waals surface area contributed by atoms with E-state index in [9.17, 15) is 13.2 Å². The number of carbonyl (C=O) groups is 1. The molecule has 0 aliphatic carbocycles. The number of benzene rings is 1. The van der Waals surface area contributed by atoms with E-state index in [0.29, 0.717) is 0 Å². The molecule has 1 fully saturated rings. The Morgan fingerprint density at radius 2 is 1.82 bits per heavy atom. The standard InChI is InChI=1S/C20H24N2O5S/c1-15-3-6-18(7-4-15)28(24,25)27-14-16-9-11-22(12-10-16)17-5-8-19(21-13-17)20(23)26-2/h3-8,13,16H,9-12,14H2,1-2H3. The Kier molecular flexibility index (Phi) is 6.31. The molecule has 0 N–H and O–H groups in total. The number of pyridine rings is 1. The molecule has 0 saturated carbocycles. The number of ether oxygens (including phenoxy) is 1. The van der Waals surface area contributed by atoms with Gasteiger partial charge >= 0.3 is 5.97 Å². The zero-order chi connectivity index (χ0) is 20.1. The van der Waals surface area contributed by atoms with E-state index in [1.54, 1.807) is 36.5 Å². The smallest absolute Gasteiger partial charge is 0.356 e. The Balaban J connectivity index is 1.51. The van der Waals surface area contributed by atoms with E-state index in [0.717, 1.165) is 37.2 Å². The van der Waals surface area contributed by atoms with Crippen molar-refractivity contribution in [1.29, 1.82) is 0 Å². The Bertz CT molecular complexity index is 903. The molecule has 1 aliphatic heterocycles. The maximum Gasteiger partial charge on any atom is 0.356 e. The quantitative estimate of drug-likeness (QED) is 0.540. The summed E-state index contributed by atoms with van der Waals surface area (Å²) in [6.07, 6.45) is 3.30. The average Bonchev–Trinajstić information content (AvgIpc) is 2.72. The number of carbonyl (C=O) groups excluding carboxylic acids is 1. The summed E-state index contributed by atoms with van der Waals surface area (Å²) in [6.45, 7) is 3.64. The third kappa shape index (κ3) is 4.88. The molecule has 2 aromatic rings. The van der Waals surface area contributed by atoms with Gasteiger partial charge in [-0.25, -0.2) is 9.78 Å². The van der Waals surface area contributed by atoms with Gasteiger partial charge in [0.1, 0.15) is 5.69 Å². The van der Waals surface area contributed by atoms with Crippen molar-refractivity contribution < 1.29 is 22.1 Å². The minimum absolute atomic E-state index is 0.179. The third-order valence-corrected chi connectivity index (χ3v) is 6.19. The fourth-order valence-corrected chi connectivity index (χ4v) is 4.09. The number of aromatic nitrogens is 1. The number of nitrogens with zero attached hydrogens (tertiary/aromatic N) is 2. The van der Waals surface area contributed by atoms with Gasteiger partial charge in [0.15, 0.2) is 0 Å². The molecule has 1 aliphatic rings. The van der Waals surface area contributed by atoms with Crippen molar-refractivity contribution in [2.24, 2.45) is 5.92 Å². The lowest BCUT2D eigenvalue weighted by Crippen LogP contribution is -2.35. The molecule has 1 saturated heterocycles. The van der Waals surface area contributed by atoms with Crippen molar-refractivity contribution in [3.05, 3.63) is 53.9 Å². The van der Waals surface area contributed by atoms with Gasteiger partial charge < -0.3 is 9.64 Å². The van der Waals surface area contributed by atoms with Crippen LogP contribution in [0.1, 0.15) is 28.9 Å². The van der Waals surface area contributed by atoms with Crippen molar-refractivity contribution in [3.8, 4) is 0 Å². The highest BCUT2D eigenvalue weighted by Gasteiger charge is 2.23. The topological polar surface area (TPSA) is 85.8 Å². The van der Waals surface area contributed by atoms with Gasteiger partial charge in [0, 0.05) is 13.1 Å². The molecule has 28 heavy (non-hydrogen) atoms. The monoisotopic (exact) mass is 404 g/mol. The highest BCUT2D eigenvalue weighted by Crippen LogP contribution is 2.24. The molecule has 8 heteroatoms. The first-order chi connectivity index (χ1) is 13.4. The lowest BCUT2D eigenvalue weighted by molar-refractivity contribution is 0.0594. The highest BCUT2D eigenvalue weighted by atomic mass is 32.2. The Labute approximate surface area is 165 Å². The summed E-state index contributed by atoms with van der Waals surface area (Å²) in [7, 11) is -2.40. The Morgan fingerprint density at radius 3 is 2.39 bits per heavy atom. The van der Waals surface area contributed by atoms with Gasteiger partial charge in [-0.2, -0.15) is 8.42 Å². The fraction of sp³-hybridized carbons (Fsp3) is 0.400. The zero-order valence-electron chi connectivity index (χ0n) is 16.0. The molecular formula is C20H24N2O5S. The van der Waals surface area contributed by atoms with Gasteiger partial charge in [-0.1, -0.05) is 17.7 Å². The lowest BCUT2D eigenvalue weighted by atomic mass is 9.97. The van der Waals surface area contributed by atoms with Gasteiger partial charge in [-0.3, -0.25) is 4.18 Å². The largest absolute Gasteiger partial charge is 0.464 e. The van der Waals surface area contributed by atoms with Crippen LogP contribution in [-0.2, 0) is 19.0 Å². The van der Waals surface area contributed by atoms with Crippen molar-refractivity contribution in [1.82, 2.24) is 4.98 Å². The molecule has 0 bridgehead atoms. The summed E-state index contributed by atoms with van der Waals surface area (Å²) in [5.41, 5.74) is 2.20. The van der Waals surface area contributed by atoms with Gasteiger partial charge in [0.2, 0.25) is 0 Å². The summed E-state index contributed by atoms with van der Waals surface area (Å²) in [4.78, 5) is 17.9. The SMILES string of the molecule is COC(=O)c1ccc(N2CCC(COS(=O)(=O)c3ccc(C)cc3)CC2)cn1. The Hall–Kier alpha value is -2.45. The minimum atomic E-state index is -3.72. The van der Waals surface area contributed by atoms with Crippen LogP contribution in [0.2, 0.25) is 0 Å². The summed E-state index contributed by atoms with van der Waals surface area (Å²) in [6, 6.07) is 10.1. The van der Waals surface area contributed by atoms with Crippen LogP contribution >= 0.6 is 0 Å². The first-order valence-corrected chi connectivity index (χ1v) is 10.6. The summed E-state index contributed by atoms with van der Waals surface area (Å²) in [5, 5.41) is 0. The van der Waals surface area contributed by atoms with E-state index < -0.39 is 16.1 Å². The number of hydrogen-bond acceptors (Lipinski definition) is 7. The molecule has 7 nitrogen and oxygen atoms in total. The minimum Gasteiger partial charge on any atom is -0.464 e.